The SMILES string of the molecule is Nc1cc(C(=O)Nc2nc3c(s2)CCCC3)ccc1F. The quantitative estimate of drug-likeness (QED) is 0.836. The molecule has 0 bridgehead atoms. The number of nitrogens with two attached hydrogens (primary N) is 1. The van der Waals surface area contributed by atoms with E-state index < -0.39 is 5.82 Å². The molecule has 1 aromatic carbocycles. The molecule has 0 fully saturated rings. The molecule has 1 aliphatic rings. The smallest absolute Gasteiger partial charge is 0.257 e. The highest BCUT2D eigenvalue weighted by Gasteiger charge is 2.17. The predicted octanol–water partition coefficient (Wildman–Crippen LogP) is 3.00. The van der Waals surface area contributed by atoms with Crippen molar-refractivity contribution in [3.05, 3.63) is 40.2 Å². The molecule has 0 radical (unpaired) electrons. The third-order valence-corrected chi connectivity index (χ3v) is 4.40. The van der Waals surface area contributed by atoms with Crippen LogP contribution in [0.3, 0.4) is 0 Å². The molecule has 3 rings (SSSR count). The fourth-order valence-electron chi connectivity index (χ4n) is 2.26. The summed E-state index contributed by atoms with van der Waals surface area (Å²) < 4.78 is 13.1. The number of nitrogens with one attached hydrogen (secondary N) is 1. The summed E-state index contributed by atoms with van der Waals surface area (Å²) in [5, 5.41) is 3.35. The number of carbonyl (C=O) groups is 1. The highest BCUT2D eigenvalue weighted by Crippen LogP contribution is 2.29. The first-order valence-corrected chi connectivity index (χ1v) is 7.30. The van der Waals surface area contributed by atoms with Crippen molar-refractivity contribution >= 4 is 28.1 Å². The van der Waals surface area contributed by atoms with Crippen molar-refractivity contribution in [2.75, 3.05) is 11.1 Å². The normalized spacial score (nSPS) is 13.8. The van der Waals surface area contributed by atoms with Gasteiger partial charge in [-0.15, -0.1) is 11.3 Å². The molecule has 1 aromatic heterocycles. The standard InChI is InChI=1S/C14H14FN3OS/c15-9-6-5-8(7-10(9)16)13(19)18-14-17-11-3-1-2-4-12(11)20-14/h5-7H,1-4,16H2,(H,17,18,19). The van der Waals surface area contributed by atoms with E-state index in [-0.39, 0.29) is 11.6 Å². The lowest BCUT2D eigenvalue weighted by Gasteiger charge is -2.06. The molecule has 1 heterocycles. The summed E-state index contributed by atoms with van der Waals surface area (Å²) in [6.45, 7) is 0. The van der Waals surface area contributed by atoms with Crippen LogP contribution in [-0.4, -0.2) is 10.9 Å². The molecule has 1 amide bonds. The van der Waals surface area contributed by atoms with Crippen molar-refractivity contribution in [2.24, 2.45) is 0 Å². The van der Waals surface area contributed by atoms with Crippen LogP contribution in [0.2, 0.25) is 0 Å². The van der Waals surface area contributed by atoms with Gasteiger partial charge in [0.2, 0.25) is 0 Å². The van der Waals surface area contributed by atoms with Gasteiger partial charge in [-0.1, -0.05) is 0 Å². The average molecular weight is 291 g/mol. The summed E-state index contributed by atoms with van der Waals surface area (Å²) in [5.74, 6) is -0.839. The van der Waals surface area contributed by atoms with Crippen molar-refractivity contribution in [1.82, 2.24) is 4.98 Å². The minimum Gasteiger partial charge on any atom is -0.396 e. The summed E-state index contributed by atoms with van der Waals surface area (Å²) in [6, 6.07) is 3.93. The lowest BCUT2D eigenvalue weighted by Crippen LogP contribution is -2.12. The molecule has 2 aromatic rings. The van der Waals surface area contributed by atoms with E-state index in [1.807, 2.05) is 0 Å². The highest BCUT2D eigenvalue weighted by molar-refractivity contribution is 7.15. The molecular formula is C14H14FN3OS. The fraction of sp³-hybridized carbons (Fsp3) is 0.286. The van der Waals surface area contributed by atoms with E-state index in [0.29, 0.717) is 10.7 Å². The number of rotatable bonds is 2. The van der Waals surface area contributed by atoms with Gasteiger partial charge in [0.05, 0.1) is 11.4 Å². The van der Waals surface area contributed by atoms with E-state index in [4.69, 9.17) is 5.73 Å². The van der Waals surface area contributed by atoms with Crippen LogP contribution < -0.4 is 11.1 Å². The summed E-state index contributed by atoms with van der Waals surface area (Å²) in [5.41, 5.74) is 6.86. The molecule has 6 heteroatoms. The number of amides is 1. The molecule has 1 aliphatic carbocycles. The van der Waals surface area contributed by atoms with Crippen LogP contribution in [0.5, 0.6) is 0 Å². The van der Waals surface area contributed by atoms with E-state index in [1.54, 1.807) is 0 Å². The Morgan fingerprint density at radius 3 is 2.90 bits per heavy atom. The van der Waals surface area contributed by atoms with Gasteiger partial charge in [0.1, 0.15) is 5.82 Å². The predicted molar refractivity (Wildman–Crippen MR) is 77.5 cm³/mol. The monoisotopic (exact) mass is 291 g/mol. The van der Waals surface area contributed by atoms with Crippen molar-refractivity contribution in [3.63, 3.8) is 0 Å². The number of thiazole rings is 1. The fourth-order valence-corrected chi connectivity index (χ4v) is 3.30. The number of anilines is 2. The van der Waals surface area contributed by atoms with Gasteiger partial charge in [-0.3, -0.25) is 10.1 Å². The van der Waals surface area contributed by atoms with Crippen molar-refractivity contribution in [3.8, 4) is 0 Å². The number of benzene rings is 1. The summed E-state index contributed by atoms with van der Waals surface area (Å²) in [7, 11) is 0. The largest absolute Gasteiger partial charge is 0.396 e. The number of fused-ring (bicyclic) bond motifs is 1. The van der Waals surface area contributed by atoms with Gasteiger partial charge in [0.25, 0.3) is 5.91 Å². The van der Waals surface area contributed by atoms with Gasteiger partial charge in [0.15, 0.2) is 5.13 Å². The second kappa shape index (κ2) is 5.20. The molecule has 3 N–H and O–H groups in total. The zero-order valence-corrected chi connectivity index (χ0v) is 11.6. The number of nitrogen functional groups attached to an aromatic ring is 1. The van der Waals surface area contributed by atoms with E-state index in [0.717, 1.165) is 25.0 Å². The maximum Gasteiger partial charge on any atom is 0.257 e. The minimum atomic E-state index is -0.522. The molecule has 0 atom stereocenters. The van der Waals surface area contributed by atoms with Gasteiger partial charge in [-0.2, -0.15) is 0 Å². The molecule has 20 heavy (non-hydrogen) atoms. The number of nitrogens with zero attached hydrogens (tertiary/aromatic N) is 1. The van der Waals surface area contributed by atoms with Crippen LogP contribution in [0.1, 0.15) is 33.8 Å². The second-order valence-corrected chi connectivity index (χ2v) is 5.87. The zero-order chi connectivity index (χ0) is 14.1. The highest BCUT2D eigenvalue weighted by atomic mass is 32.1. The Labute approximate surface area is 119 Å². The maximum absolute atomic E-state index is 13.1. The Morgan fingerprint density at radius 1 is 1.35 bits per heavy atom. The average Bonchev–Trinajstić information content (AvgIpc) is 2.83. The van der Waals surface area contributed by atoms with Crippen LogP contribution in [-0.2, 0) is 12.8 Å². The van der Waals surface area contributed by atoms with E-state index in [1.165, 1.54) is 40.8 Å². The van der Waals surface area contributed by atoms with Crippen molar-refractivity contribution in [1.29, 1.82) is 0 Å². The van der Waals surface area contributed by atoms with Gasteiger partial charge in [-0.25, -0.2) is 9.37 Å². The number of aromatic nitrogens is 1. The number of hydrogen-bond donors (Lipinski definition) is 2. The van der Waals surface area contributed by atoms with E-state index >= 15 is 0 Å². The maximum atomic E-state index is 13.1. The summed E-state index contributed by atoms with van der Waals surface area (Å²) >= 11 is 1.52. The van der Waals surface area contributed by atoms with Crippen LogP contribution in [0.15, 0.2) is 18.2 Å². The molecule has 0 spiro atoms. The lowest BCUT2D eigenvalue weighted by molar-refractivity contribution is 0.102. The second-order valence-electron chi connectivity index (χ2n) is 4.79. The van der Waals surface area contributed by atoms with Crippen molar-refractivity contribution in [2.45, 2.75) is 25.7 Å². The van der Waals surface area contributed by atoms with Gasteiger partial charge >= 0.3 is 0 Å². The Balaban J connectivity index is 1.78. The first kappa shape index (κ1) is 13.1. The third kappa shape index (κ3) is 2.51. The third-order valence-electron chi connectivity index (χ3n) is 3.32. The number of hydrogen-bond acceptors (Lipinski definition) is 4. The Morgan fingerprint density at radius 2 is 2.15 bits per heavy atom. The van der Waals surface area contributed by atoms with Crippen LogP contribution in [0, 0.1) is 5.82 Å². The summed E-state index contributed by atoms with van der Waals surface area (Å²) in [6.07, 6.45) is 4.34. The van der Waals surface area contributed by atoms with E-state index in [2.05, 4.69) is 10.3 Å². The number of aryl methyl sites for hydroxylation is 2. The van der Waals surface area contributed by atoms with Crippen LogP contribution in [0.25, 0.3) is 0 Å². The Bertz CT molecular complexity index is 645. The molecule has 0 unspecified atom stereocenters. The molecule has 104 valence electrons. The Hall–Kier alpha value is -1.95. The minimum absolute atomic E-state index is 0.0314. The first-order valence-electron chi connectivity index (χ1n) is 6.48. The van der Waals surface area contributed by atoms with Gasteiger partial charge in [-0.05, 0) is 43.9 Å². The Kier molecular flexibility index (Phi) is 3.40. The molecule has 4 nitrogen and oxygen atoms in total. The molecule has 0 saturated carbocycles. The van der Waals surface area contributed by atoms with Gasteiger partial charge < -0.3 is 5.73 Å². The van der Waals surface area contributed by atoms with Crippen molar-refractivity contribution < 1.29 is 9.18 Å². The van der Waals surface area contributed by atoms with Crippen LogP contribution in [0.4, 0.5) is 15.2 Å². The van der Waals surface area contributed by atoms with Crippen LogP contribution >= 0.6 is 11.3 Å². The lowest BCUT2D eigenvalue weighted by atomic mass is 10.0. The molecule has 0 saturated heterocycles. The molecular weight excluding hydrogens is 277 g/mol. The molecule has 0 aliphatic heterocycles. The van der Waals surface area contributed by atoms with E-state index in [9.17, 15) is 9.18 Å². The zero-order valence-electron chi connectivity index (χ0n) is 10.8. The number of carbonyl (C=O) groups excluding carboxylic acids is 1. The first-order chi connectivity index (χ1) is 9.63. The topological polar surface area (TPSA) is 68.0 Å². The van der Waals surface area contributed by atoms with Gasteiger partial charge in [0, 0.05) is 10.4 Å². The summed E-state index contributed by atoms with van der Waals surface area (Å²) in [4.78, 5) is 17.8. The number of halogens is 1.